The monoisotopic (exact) mass is 308 g/mol. The maximum Gasteiger partial charge on any atom is 0.316 e. The van der Waals surface area contributed by atoms with Crippen molar-refractivity contribution in [2.75, 3.05) is 6.54 Å². The van der Waals surface area contributed by atoms with Crippen molar-refractivity contribution in [3.05, 3.63) is 53.3 Å². The molecule has 0 fully saturated rings. The number of hydrogen-bond acceptors (Lipinski definition) is 2. The first kappa shape index (κ1) is 15.2. The Kier molecular flexibility index (Phi) is 4.62. The molecular formula is C18H20N4O. The van der Waals surface area contributed by atoms with Crippen LogP contribution in [0.15, 0.2) is 36.5 Å². The second kappa shape index (κ2) is 7.01. The molecule has 1 heterocycles. The summed E-state index contributed by atoms with van der Waals surface area (Å²) in [6, 6.07) is 9.58. The molecule has 23 heavy (non-hydrogen) atoms. The van der Waals surface area contributed by atoms with Gasteiger partial charge in [0, 0.05) is 23.9 Å². The average molecular weight is 308 g/mol. The molecule has 1 aromatic carbocycles. The third-order valence-electron chi connectivity index (χ3n) is 4.02. The minimum Gasteiger partial charge on any atom is -0.331 e. The van der Waals surface area contributed by atoms with Crippen LogP contribution in [0.1, 0.15) is 35.7 Å². The molecule has 0 bridgehead atoms. The molecule has 2 N–H and O–H groups in total. The molecule has 3 rings (SSSR count). The Labute approximate surface area is 136 Å². The van der Waals surface area contributed by atoms with Crippen LogP contribution in [0.25, 0.3) is 0 Å². The van der Waals surface area contributed by atoms with Crippen LogP contribution in [-0.4, -0.2) is 22.4 Å². The van der Waals surface area contributed by atoms with Gasteiger partial charge < -0.3 is 10.6 Å². The summed E-state index contributed by atoms with van der Waals surface area (Å²) in [7, 11) is 1.94. The lowest BCUT2D eigenvalue weighted by atomic mass is 9.93. The zero-order chi connectivity index (χ0) is 16.1. The highest BCUT2D eigenvalue weighted by molar-refractivity contribution is 5.74. The molecule has 0 radical (unpaired) electrons. The predicted molar refractivity (Wildman–Crippen MR) is 88.7 cm³/mol. The minimum atomic E-state index is -0.186. The number of aromatic nitrogens is 2. The summed E-state index contributed by atoms with van der Waals surface area (Å²) in [4.78, 5) is 12.0. The second-order valence-corrected chi connectivity index (χ2v) is 5.61. The maximum atomic E-state index is 12.0. The van der Waals surface area contributed by atoms with E-state index in [4.69, 9.17) is 0 Å². The fourth-order valence-corrected chi connectivity index (χ4v) is 2.86. The molecule has 0 spiro atoms. The number of nitrogens with one attached hydrogen (secondary N) is 2. The Balaban J connectivity index is 1.52. The molecule has 5 heteroatoms. The number of hydrogen-bond donors (Lipinski definition) is 2. The SMILES string of the molecule is Cn1ncc2c1CCC[C@@H]2NC(=O)NCC#Cc1ccccc1. The Morgan fingerprint density at radius 3 is 3.04 bits per heavy atom. The molecule has 2 amide bonds. The van der Waals surface area contributed by atoms with Gasteiger partial charge in [-0.3, -0.25) is 4.68 Å². The van der Waals surface area contributed by atoms with E-state index in [9.17, 15) is 4.79 Å². The number of amides is 2. The lowest BCUT2D eigenvalue weighted by molar-refractivity contribution is 0.236. The van der Waals surface area contributed by atoms with Gasteiger partial charge in [0.15, 0.2) is 0 Å². The van der Waals surface area contributed by atoms with E-state index in [0.29, 0.717) is 6.54 Å². The van der Waals surface area contributed by atoms with Crippen LogP contribution in [0, 0.1) is 11.8 Å². The van der Waals surface area contributed by atoms with Crippen molar-refractivity contribution < 1.29 is 4.79 Å². The van der Waals surface area contributed by atoms with E-state index in [1.54, 1.807) is 0 Å². The lowest BCUT2D eigenvalue weighted by Crippen LogP contribution is -2.39. The minimum absolute atomic E-state index is 0.0366. The first-order valence-electron chi connectivity index (χ1n) is 7.83. The molecule has 1 aliphatic rings. The molecule has 2 aromatic rings. The smallest absolute Gasteiger partial charge is 0.316 e. The van der Waals surface area contributed by atoms with Gasteiger partial charge in [0.2, 0.25) is 0 Å². The molecular weight excluding hydrogens is 288 g/mol. The first-order chi connectivity index (χ1) is 11.2. The molecule has 1 aromatic heterocycles. The van der Waals surface area contributed by atoms with Crippen LogP contribution in [0.4, 0.5) is 4.79 Å². The number of aryl methyl sites for hydroxylation is 1. The van der Waals surface area contributed by atoms with E-state index >= 15 is 0 Å². The summed E-state index contributed by atoms with van der Waals surface area (Å²) in [5.74, 6) is 5.97. The van der Waals surface area contributed by atoms with E-state index in [1.807, 2.05) is 48.3 Å². The van der Waals surface area contributed by atoms with Crippen molar-refractivity contribution in [3.8, 4) is 11.8 Å². The summed E-state index contributed by atoms with van der Waals surface area (Å²) >= 11 is 0. The Hall–Kier alpha value is -2.74. The largest absolute Gasteiger partial charge is 0.331 e. The molecule has 0 unspecified atom stereocenters. The van der Waals surface area contributed by atoms with Crippen LogP contribution < -0.4 is 10.6 Å². The first-order valence-corrected chi connectivity index (χ1v) is 7.83. The summed E-state index contributed by atoms with van der Waals surface area (Å²) in [5.41, 5.74) is 3.29. The zero-order valence-corrected chi connectivity index (χ0v) is 13.2. The number of rotatable bonds is 2. The van der Waals surface area contributed by atoms with Gasteiger partial charge in [0.05, 0.1) is 18.8 Å². The molecule has 0 saturated carbocycles. The molecule has 0 saturated heterocycles. The number of fused-ring (bicyclic) bond motifs is 1. The third kappa shape index (κ3) is 3.72. The number of nitrogens with zero attached hydrogens (tertiary/aromatic N) is 2. The summed E-state index contributed by atoms with van der Waals surface area (Å²) in [5, 5.41) is 10.1. The van der Waals surface area contributed by atoms with Gasteiger partial charge in [-0.1, -0.05) is 30.0 Å². The predicted octanol–water partition coefficient (Wildman–Crippen LogP) is 2.15. The van der Waals surface area contributed by atoms with Crippen molar-refractivity contribution >= 4 is 6.03 Å². The maximum absolute atomic E-state index is 12.0. The van der Waals surface area contributed by atoms with Crippen LogP contribution in [0.5, 0.6) is 0 Å². The number of urea groups is 1. The average Bonchev–Trinajstić information content (AvgIpc) is 2.95. The summed E-state index contributed by atoms with van der Waals surface area (Å²) < 4.78 is 1.90. The molecule has 1 aliphatic carbocycles. The van der Waals surface area contributed by atoms with E-state index in [2.05, 4.69) is 27.6 Å². The number of carbonyl (C=O) groups excluding carboxylic acids is 1. The summed E-state index contributed by atoms with van der Waals surface area (Å²) in [6.45, 7) is 0.327. The zero-order valence-electron chi connectivity index (χ0n) is 13.2. The fourth-order valence-electron chi connectivity index (χ4n) is 2.86. The van der Waals surface area contributed by atoms with Gasteiger partial charge in [-0.2, -0.15) is 5.10 Å². The van der Waals surface area contributed by atoms with Gasteiger partial charge >= 0.3 is 6.03 Å². The highest BCUT2D eigenvalue weighted by Crippen LogP contribution is 2.28. The topological polar surface area (TPSA) is 59.0 Å². The molecule has 5 nitrogen and oxygen atoms in total. The van der Waals surface area contributed by atoms with E-state index < -0.39 is 0 Å². The Morgan fingerprint density at radius 2 is 2.22 bits per heavy atom. The van der Waals surface area contributed by atoms with Crippen molar-refractivity contribution in [1.82, 2.24) is 20.4 Å². The third-order valence-corrected chi connectivity index (χ3v) is 4.02. The summed E-state index contributed by atoms with van der Waals surface area (Å²) in [6.07, 6.45) is 4.88. The van der Waals surface area contributed by atoms with Crippen molar-refractivity contribution in [1.29, 1.82) is 0 Å². The normalized spacial score (nSPS) is 16.0. The molecule has 0 aliphatic heterocycles. The van der Waals surface area contributed by atoms with Crippen molar-refractivity contribution in [3.63, 3.8) is 0 Å². The highest BCUT2D eigenvalue weighted by atomic mass is 16.2. The lowest BCUT2D eigenvalue weighted by Gasteiger charge is -2.23. The Morgan fingerprint density at radius 1 is 1.39 bits per heavy atom. The van der Waals surface area contributed by atoms with Gasteiger partial charge in [-0.05, 0) is 31.4 Å². The highest BCUT2D eigenvalue weighted by Gasteiger charge is 2.24. The van der Waals surface area contributed by atoms with Gasteiger partial charge in [0.25, 0.3) is 0 Å². The standard InChI is InChI=1S/C18H20N4O/c1-22-17-11-5-10-16(15(17)13-20-22)21-18(23)19-12-6-9-14-7-3-2-4-8-14/h2-4,7-8,13,16H,5,10-12H2,1H3,(H2,19,21,23)/t16-/m0/s1. The van der Waals surface area contributed by atoms with Crippen LogP contribution in [0.2, 0.25) is 0 Å². The van der Waals surface area contributed by atoms with Gasteiger partial charge in [-0.15, -0.1) is 0 Å². The molecule has 118 valence electrons. The van der Waals surface area contributed by atoms with Gasteiger partial charge in [0.1, 0.15) is 0 Å². The fraction of sp³-hybridized carbons (Fsp3) is 0.333. The second-order valence-electron chi connectivity index (χ2n) is 5.61. The van der Waals surface area contributed by atoms with E-state index in [1.165, 1.54) is 5.69 Å². The number of benzene rings is 1. The van der Waals surface area contributed by atoms with Gasteiger partial charge in [-0.25, -0.2) is 4.79 Å². The Bertz CT molecular complexity index is 739. The van der Waals surface area contributed by atoms with E-state index in [0.717, 1.165) is 30.4 Å². The van der Waals surface area contributed by atoms with Crippen molar-refractivity contribution in [2.24, 2.45) is 7.05 Å². The quantitative estimate of drug-likeness (QED) is 0.835. The van der Waals surface area contributed by atoms with Crippen LogP contribution in [-0.2, 0) is 13.5 Å². The molecule has 1 atom stereocenters. The van der Waals surface area contributed by atoms with Crippen LogP contribution in [0.3, 0.4) is 0 Å². The van der Waals surface area contributed by atoms with Crippen LogP contribution >= 0.6 is 0 Å². The van der Waals surface area contributed by atoms with Crippen molar-refractivity contribution in [2.45, 2.75) is 25.3 Å². The van der Waals surface area contributed by atoms with E-state index in [-0.39, 0.29) is 12.1 Å². The number of carbonyl (C=O) groups is 1.